The van der Waals surface area contributed by atoms with Crippen LogP contribution in [0.4, 0.5) is 5.95 Å². The zero-order valence-corrected chi connectivity index (χ0v) is 17.0. The summed E-state index contributed by atoms with van der Waals surface area (Å²) in [5.41, 5.74) is 16.1. The van der Waals surface area contributed by atoms with Crippen molar-refractivity contribution in [3.05, 3.63) is 77.6 Å². The molecule has 0 radical (unpaired) electrons. The maximum atomic E-state index is 11.4. The van der Waals surface area contributed by atoms with Gasteiger partial charge in [-0.1, -0.05) is 42.5 Å². The molecular formula is C24H27N5O. The third kappa shape index (κ3) is 4.66. The molecule has 3 aromatic rings. The highest BCUT2D eigenvalue weighted by atomic mass is 16.1. The number of anilines is 1. The van der Waals surface area contributed by atoms with E-state index in [1.54, 1.807) is 18.3 Å². The fourth-order valence-corrected chi connectivity index (χ4v) is 4.17. The molecule has 1 aliphatic heterocycles. The second-order valence-electron chi connectivity index (χ2n) is 7.84. The highest BCUT2D eigenvalue weighted by molar-refractivity contribution is 5.93. The van der Waals surface area contributed by atoms with Crippen molar-refractivity contribution in [3.8, 4) is 11.1 Å². The summed E-state index contributed by atoms with van der Waals surface area (Å²) in [6, 6.07) is 17.9. The SMILES string of the molecule is NC(=O)c1ccc(-c2cnc(N)nc2C2CCCN(CCc3ccccc3)C2)cc1. The Morgan fingerprint density at radius 1 is 1.10 bits per heavy atom. The fraction of sp³-hybridized carbons (Fsp3) is 0.292. The fourth-order valence-electron chi connectivity index (χ4n) is 4.17. The number of nitrogens with zero attached hydrogens (tertiary/aromatic N) is 3. The Bertz CT molecular complexity index is 1000. The van der Waals surface area contributed by atoms with E-state index in [2.05, 4.69) is 45.2 Å². The molecule has 2 heterocycles. The number of carbonyl (C=O) groups is 1. The lowest BCUT2D eigenvalue weighted by Crippen LogP contribution is -2.36. The second-order valence-corrected chi connectivity index (χ2v) is 7.84. The van der Waals surface area contributed by atoms with Crippen molar-refractivity contribution < 1.29 is 4.79 Å². The highest BCUT2D eigenvalue weighted by Gasteiger charge is 2.25. The van der Waals surface area contributed by atoms with Crippen molar-refractivity contribution in [1.82, 2.24) is 14.9 Å². The van der Waals surface area contributed by atoms with E-state index >= 15 is 0 Å². The average Bonchev–Trinajstić information content (AvgIpc) is 2.78. The van der Waals surface area contributed by atoms with E-state index in [-0.39, 0.29) is 0 Å². The molecule has 4 N–H and O–H groups in total. The molecule has 1 aliphatic rings. The number of amides is 1. The van der Waals surface area contributed by atoms with Crippen LogP contribution in [0.1, 0.15) is 40.4 Å². The summed E-state index contributed by atoms with van der Waals surface area (Å²) in [4.78, 5) is 22.8. The lowest BCUT2D eigenvalue weighted by Gasteiger charge is -2.33. The molecule has 4 rings (SSSR count). The normalized spacial score (nSPS) is 17.0. The average molecular weight is 402 g/mol. The van der Waals surface area contributed by atoms with E-state index < -0.39 is 5.91 Å². The van der Waals surface area contributed by atoms with Gasteiger partial charge in [0.1, 0.15) is 0 Å². The first-order valence-electron chi connectivity index (χ1n) is 10.4. The number of rotatable bonds is 6. The number of benzene rings is 2. The molecule has 0 bridgehead atoms. The van der Waals surface area contributed by atoms with Gasteiger partial charge in [0.15, 0.2) is 0 Å². The number of aromatic nitrogens is 2. The summed E-state index contributed by atoms with van der Waals surface area (Å²) in [6.07, 6.45) is 5.04. The van der Waals surface area contributed by atoms with Crippen LogP contribution in [0, 0.1) is 0 Å². The quantitative estimate of drug-likeness (QED) is 0.661. The van der Waals surface area contributed by atoms with Crippen molar-refractivity contribution in [2.24, 2.45) is 5.73 Å². The van der Waals surface area contributed by atoms with Gasteiger partial charge in [-0.25, -0.2) is 9.97 Å². The second kappa shape index (κ2) is 9.05. The van der Waals surface area contributed by atoms with E-state index in [1.807, 2.05) is 12.1 Å². The third-order valence-corrected chi connectivity index (χ3v) is 5.77. The molecule has 1 amide bonds. The Morgan fingerprint density at radius 2 is 1.87 bits per heavy atom. The van der Waals surface area contributed by atoms with E-state index in [0.717, 1.165) is 55.7 Å². The molecule has 6 nitrogen and oxygen atoms in total. The van der Waals surface area contributed by atoms with Crippen molar-refractivity contribution in [3.63, 3.8) is 0 Å². The first kappa shape index (κ1) is 20.0. The molecule has 1 unspecified atom stereocenters. The molecule has 154 valence electrons. The van der Waals surface area contributed by atoms with E-state index in [4.69, 9.17) is 11.5 Å². The molecule has 0 aliphatic carbocycles. The van der Waals surface area contributed by atoms with E-state index in [1.165, 1.54) is 5.56 Å². The summed E-state index contributed by atoms with van der Waals surface area (Å²) in [5.74, 6) is 0.159. The number of primary amides is 1. The van der Waals surface area contributed by atoms with Crippen LogP contribution in [0.25, 0.3) is 11.1 Å². The number of hydrogen-bond acceptors (Lipinski definition) is 5. The maximum Gasteiger partial charge on any atom is 0.248 e. The Kier molecular flexibility index (Phi) is 6.05. The topological polar surface area (TPSA) is 98.1 Å². The van der Waals surface area contributed by atoms with E-state index in [0.29, 0.717) is 17.4 Å². The van der Waals surface area contributed by atoms with Crippen LogP contribution in [-0.2, 0) is 6.42 Å². The van der Waals surface area contributed by atoms with Gasteiger partial charge < -0.3 is 16.4 Å². The van der Waals surface area contributed by atoms with Crippen molar-refractivity contribution >= 4 is 11.9 Å². The number of nitrogens with two attached hydrogens (primary N) is 2. The predicted octanol–water partition coefficient (Wildman–Crippen LogP) is 3.25. The molecular weight excluding hydrogens is 374 g/mol. The highest BCUT2D eigenvalue weighted by Crippen LogP contribution is 2.33. The zero-order chi connectivity index (χ0) is 20.9. The van der Waals surface area contributed by atoms with Gasteiger partial charge >= 0.3 is 0 Å². The first-order chi connectivity index (χ1) is 14.6. The van der Waals surface area contributed by atoms with Crippen LogP contribution < -0.4 is 11.5 Å². The molecule has 0 saturated carbocycles. The molecule has 6 heteroatoms. The molecule has 30 heavy (non-hydrogen) atoms. The van der Waals surface area contributed by atoms with E-state index in [9.17, 15) is 4.79 Å². The van der Waals surface area contributed by atoms with Gasteiger partial charge in [-0.3, -0.25) is 4.79 Å². The number of nitrogen functional groups attached to an aromatic ring is 1. The molecule has 1 fully saturated rings. The number of hydrogen-bond donors (Lipinski definition) is 2. The molecule has 0 spiro atoms. The number of carbonyl (C=O) groups excluding carboxylic acids is 1. The minimum Gasteiger partial charge on any atom is -0.368 e. The minimum atomic E-state index is -0.434. The van der Waals surface area contributed by atoms with Crippen LogP contribution in [0.5, 0.6) is 0 Å². The van der Waals surface area contributed by atoms with Gasteiger partial charge in [0.2, 0.25) is 11.9 Å². The van der Waals surface area contributed by atoms with Crippen molar-refractivity contribution in [1.29, 1.82) is 0 Å². The summed E-state index contributed by atoms with van der Waals surface area (Å²) in [5, 5.41) is 0. The van der Waals surface area contributed by atoms with Crippen LogP contribution >= 0.6 is 0 Å². The van der Waals surface area contributed by atoms with Gasteiger partial charge in [-0.2, -0.15) is 0 Å². The predicted molar refractivity (Wildman–Crippen MR) is 119 cm³/mol. The zero-order valence-electron chi connectivity index (χ0n) is 17.0. The monoisotopic (exact) mass is 401 g/mol. The smallest absolute Gasteiger partial charge is 0.248 e. The van der Waals surface area contributed by atoms with Crippen LogP contribution in [0.3, 0.4) is 0 Å². The third-order valence-electron chi connectivity index (χ3n) is 5.77. The summed E-state index contributed by atoms with van der Waals surface area (Å²) >= 11 is 0. The van der Waals surface area contributed by atoms with Gasteiger partial charge in [0, 0.05) is 36.3 Å². The lowest BCUT2D eigenvalue weighted by molar-refractivity contribution is 0.100. The number of likely N-dealkylation sites (tertiary alicyclic amines) is 1. The molecule has 2 aromatic carbocycles. The van der Waals surface area contributed by atoms with Gasteiger partial charge in [-0.15, -0.1) is 0 Å². The number of piperidine rings is 1. The van der Waals surface area contributed by atoms with Crippen molar-refractivity contribution in [2.75, 3.05) is 25.4 Å². The molecule has 1 aromatic heterocycles. The summed E-state index contributed by atoms with van der Waals surface area (Å²) in [7, 11) is 0. The Balaban J connectivity index is 1.53. The Labute approximate surface area is 176 Å². The summed E-state index contributed by atoms with van der Waals surface area (Å²) < 4.78 is 0. The van der Waals surface area contributed by atoms with Crippen LogP contribution in [-0.4, -0.2) is 40.4 Å². The molecule has 1 saturated heterocycles. The lowest BCUT2D eigenvalue weighted by atomic mass is 9.89. The Morgan fingerprint density at radius 3 is 2.60 bits per heavy atom. The Hall–Kier alpha value is -3.25. The van der Waals surface area contributed by atoms with Gasteiger partial charge in [0.05, 0.1) is 5.69 Å². The molecule has 1 atom stereocenters. The maximum absolute atomic E-state index is 11.4. The standard InChI is InChI=1S/C24H27N5O/c25-23(30)19-10-8-18(9-11-19)21-15-27-24(26)28-22(21)20-7-4-13-29(16-20)14-12-17-5-2-1-3-6-17/h1-3,5-6,8-11,15,20H,4,7,12-14,16H2,(H2,25,30)(H2,26,27,28). The largest absolute Gasteiger partial charge is 0.368 e. The first-order valence-corrected chi connectivity index (χ1v) is 10.4. The van der Waals surface area contributed by atoms with Crippen LogP contribution in [0.2, 0.25) is 0 Å². The summed E-state index contributed by atoms with van der Waals surface area (Å²) in [6.45, 7) is 3.09. The minimum absolute atomic E-state index is 0.295. The van der Waals surface area contributed by atoms with Crippen LogP contribution in [0.15, 0.2) is 60.8 Å². The van der Waals surface area contributed by atoms with Crippen molar-refractivity contribution in [2.45, 2.75) is 25.2 Å². The van der Waals surface area contributed by atoms with Gasteiger partial charge in [-0.05, 0) is 49.1 Å². The van der Waals surface area contributed by atoms with Gasteiger partial charge in [0.25, 0.3) is 0 Å².